The van der Waals surface area contributed by atoms with Gasteiger partial charge >= 0.3 is 0 Å². The van der Waals surface area contributed by atoms with Crippen molar-refractivity contribution in [2.45, 2.75) is 6.42 Å². The first-order valence-electron chi connectivity index (χ1n) is 8.99. The lowest BCUT2D eigenvalue weighted by atomic mass is 10.1. The van der Waals surface area contributed by atoms with E-state index in [1.807, 2.05) is 0 Å². The molecule has 2 aromatic carbocycles. The number of nitrogens with zero attached hydrogens (tertiary/aromatic N) is 5. The maximum absolute atomic E-state index is 14.0. The van der Waals surface area contributed by atoms with E-state index in [1.165, 1.54) is 15.4 Å². The summed E-state index contributed by atoms with van der Waals surface area (Å²) in [5.41, 5.74) is 10.7. The van der Waals surface area contributed by atoms with Crippen LogP contribution in [0.15, 0.2) is 54.7 Å². The standard InChI is InChI=1S/C20H17ClFN7O/c1-24-29-17(10-14-11-28(27-26-14)16-5-3-2-4-15(16)22)25-18(19(29)20(23)30)12-6-8-13(21)9-7-12/h2-9,11,24H,10H2,1H3,(H2,23,30). The third kappa shape index (κ3) is 3.62. The van der Waals surface area contributed by atoms with Crippen molar-refractivity contribution in [1.82, 2.24) is 24.7 Å². The van der Waals surface area contributed by atoms with E-state index in [1.54, 1.807) is 55.7 Å². The zero-order valence-corrected chi connectivity index (χ0v) is 16.6. The largest absolute Gasteiger partial charge is 0.364 e. The fourth-order valence-electron chi connectivity index (χ4n) is 3.16. The fraction of sp³-hybridized carbons (Fsp3) is 0.100. The summed E-state index contributed by atoms with van der Waals surface area (Å²) in [7, 11) is 1.65. The second kappa shape index (κ2) is 7.96. The summed E-state index contributed by atoms with van der Waals surface area (Å²) in [6, 6.07) is 13.2. The number of carbonyl (C=O) groups excluding carboxylic acids is 1. The Balaban J connectivity index is 1.73. The van der Waals surface area contributed by atoms with Gasteiger partial charge in [0, 0.05) is 17.6 Å². The maximum Gasteiger partial charge on any atom is 0.269 e. The zero-order valence-electron chi connectivity index (χ0n) is 15.9. The van der Waals surface area contributed by atoms with Gasteiger partial charge in [0.25, 0.3) is 5.91 Å². The lowest BCUT2D eigenvalue weighted by Gasteiger charge is -2.08. The molecule has 0 saturated carbocycles. The van der Waals surface area contributed by atoms with Gasteiger partial charge in [0.05, 0.1) is 18.3 Å². The number of para-hydroxylation sites is 1. The summed E-state index contributed by atoms with van der Waals surface area (Å²) in [6.07, 6.45) is 1.85. The minimum atomic E-state index is -0.636. The van der Waals surface area contributed by atoms with Crippen LogP contribution in [0.1, 0.15) is 22.0 Å². The first kappa shape index (κ1) is 19.6. The summed E-state index contributed by atoms with van der Waals surface area (Å²) < 4.78 is 16.9. The van der Waals surface area contributed by atoms with Crippen LogP contribution < -0.4 is 11.2 Å². The predicted octanol–water partition coefficient (Wildman–Crippen LogP) is 2.79. The Bertz CT molecular complexity index is 1220. The van der Waals surface area contributed by atoms with E-state index >= 15 is 0 Å². The molecule has 0 fully saturated rings. The van der Waals surface area contributed by atoms with E-state index in [4.69, 9.17) is 17.3 Å². The smallest absolute Gasteiger partial charge is 0.269 e. The molecule has 0 aliphatic carbocycles. The Morgan fingerprint density at radius 3 is 2.60 bits per heavy atom. The molecule has 4 rings (SSSR count). The van der Waals surface area contributed by atoms with Crippen LogP contribution in [0, 0.1) is 5.82 Å². The van der Waals surface area contributed by atoms with Gasteiger partial charge in [-0.05, 0) is 24.3 Å². The van der Waals surface area contributed by atoms with Crippen molar-refractivity contribution in [2.24, 2.45) is 5.73 Å². The quantitative estimate of drug-likeness (QED) is 0.494. The molecule has 2 aromatic heterocycles. The van der Waals surface area contributed by atoms with Crippen LogP contribution in [-0.2, 0) is 6.42 Å². The third-order valence-corrected chi connectivity index (χ3v) is 4.75. The highest BCUT2D eigenvalue weighted by Crippen LogP contribution is 2.26. The summed E-state index contributed by atoms with van der Waals surface area (Å²) in [6.45, 7) is 0. The van der Waals surface area contributed by atoms with E-state index in [2.05, 4.69) is 20.7 Å². The van der Waals surface area contributed by atoms with Gasteiger partial charge < -0.3 is 11.2 Å². The van der Waals surface area contributed by atoms with Crippen LogP contribution in [0.4, 0.5) is 4.39 Å². The molecule has 0 atom stereocenters. The van der Waals surface area contributed by atoms with Gasteiger partial charge in [0.15, 0.2) is 5.69 Å². The highest BCUT2D eigenvalue weighted by molar-refractivity contribution is 6.30. The van der Waals surface area contributed by atoms with Gasteiger partial charge in [-0.2, -0.15) is 0 Å². The number of imidazole rings is 1. The van der Waals surface area contributed by atoms with E-state index < -0.39 is 11.7 Å². The second-order valence-electron chi connectivity index (χ2n) is 6.44. The summed E-state index contributed by atoms with van der Waals surface area (Å²) in [5.74, 6) is -0.549. The van der Waals surface area contributed by atoms with E-state index in [0.29, 0.717) is 27.8 Å². The molecular formula is C20H17ClFN7O. The molecule has 0 aliphatic heterocycles. The molecular weight excluding hydrogens is 409 g/mol. The van der Waals surface area contributed by atoms with Gasteiger partial charge in [0.2, 0.25) is 0 Å². The number of hydrogen-bond acceptors (Lipinski definition) is 5. The van der Waals surface area contributed by atoms with Crippen LogP contribution in [-0.4, -0.2) is 37.6 Å². The number of aromatic nitrogens is 5. The van der Waals surface area contributed by atoms with E-state index in [0.717, 1.165) is 0 Å². The molecule has 0 spiro atoms. The number of nitrogens with two attached hydrogens (primary N) is 1. The topological polar surface area (TPSA) is 104 Å². The minimum absolute atomic E-state index is 0.205. The number of carbonyl (C=O) groups is 1. The number of rotatable bonds is 6. The number of nitrogens with one attached hydrogen (secondary N) is 1. The molecule has 8 nitrogen and oxygen atoms in total. The molecule has 3 N–H and O–H groups in total. The molecule has 4 aromatic rings. The SMILES string of the molecule is CNn1c(Cc2cn(-c3ccccc3F)nn2)nc(-c2ccc(Cl)cc2)c1C(N)=O. The molecule has 1 amide bonds. The highest BCUT2D eigenvalue weighted by Gasteiger charge is 2.23. The van der Waals surface area contributed by atoms with Crippen molar-refractivity contribution in [3.05, 3.63) is 82.8 Å². The lowest BCUT2D eigenvalue weighted by molar-refractivity contribution is 0.0993. The highest BCUT2D eigenvalue weighted by atomic mass is 35.5. The van der Waals surface area contributed by atoms with E-state index in [-0.39, 0.29) is 17.8 Å². The Morgan fingerprint density at radius 1 is 1.20 bits per heavy atom. The van der Waals surface area contributed by atoms with Crippen molar-refractivity contribution in [2.75, 3.05) is 12.5 Å². The van der Waals surface area contributed by atoms with Gasteiger partial charge in [-0.25, -0.2) is 18.7 Å². The number of amides is 1. The molecule has 0 radical (unpaired) electrons. The number of hydrogen-bond donors (Lipinski definition) is 2. The van der Waals surface area contributed by atoms with Gasteiger partial charge in [-0.1, -0.05) is 41.1 Å². The number of primary amides is 1. The van der Waals surface area contributed by atoms with Crippen LogP contribution in [0.25, 0.3) is 16.9 Å². The minimum Gasteiger partial charge on any atom is -0.364 e. The van der Waals surface area contributed by atoms with Crippen molar-refractivity contribution < 1.29 is 9.18 Å². The normalized spacial score (nSPS) is 10.9. The predicted molar refractivity (Wildman–Crippen MR) is 111 cm³/mol. The molecule has 30 heavy (non-hydrogen) atoms. The Kier molecular flexibility index (Phi) is 5.20. The monoisotopic (exact) mass is 425 g/mol. The molecule has 0 saturated heterocycles. The molecule has 0 aliphatic rings. The molecule has 2 heterocycles. The van der Waals surface area contributed by atoms with Gasteiger partial charge in [0.1, 0.15) is 23.0 Å². The zero-order chi connectivity index (χ0) is 21.3. The first-order valence-corrected chi connectivity index (χ1v) is 9.37. The average Bonchev–Trinajstić information content (AvgIpc) is 3.34. The second-order valence-corrected chi connectivity index (χ2v) is 6.87. The number of halogens is 2. The Labute approximate surface area is 176 Å². The lowest BCUT2D eigenvalue weighted by Crippen LogP contribution is -2.23. The fourth-order valence-corrected chi connectivity index (χ4v) is 3.28. The van der Waals surface area contributed by atoms with Crippen molar-refractivity contribution in [3.63, 3.8) is 0 Å². The molecule has 0 unspecified atom stereocenters. The maximum atomic E-state index is 14.0. The summed E-state index contributed by atoms with van der Waals surface area (Å²) >= 11 is 5.96. The molecule has 0 bridgehead atoms. The van der Waals surface area contributed by atoms with Crippen LogP contribution >= 0.6 is 11.6 Å². The summed E-state index contributed by atoms with van der Waals surface area (Å²) in [4.78, 5) is 16.8. The van der Waals surface area contributed by atoms with Crippen LogP contribution in [0.3, 0.4) is 0 Å². The first-order chi connectivity index (χ1) is 14.5. The van der Waals surface area contributed by atoms with Crippen LogP contribution in [0.2, 0.25) is 5.02 Å². The number of benzene rings is 2. The van der Waals surface area contributed by atoms with Gasteiger partial charge in [-0.3, -0.25) is 4.79 Å². The van der Waals surface area contributed by atoms with Crippen molar-refractivity contribution in [3.8, 4) is 16.9 Å². The third-order valence-electron chi connectivity index (χ3n) is 4.50. The van der Waals surface area contributed by atoms with Crippen LogP contribution in [0.5, 0.6) is 0 Å². The summed E-state index contributed by atoms with van der Waals surface area (Å²) in [5, 5.41) is 8.67. The average molecular weight is 426 g/mol. The van der Waals surface area contributed by atoms with Crippen molar-refractivity contribution >= 4 is 17.5 Å². The Hall–Kier alpha value is -3.72. The molecule has 152 valence electrons. The van der Waals surface area contributed by atoms with Crippen molar-refractivity contribution in [1.29, 1.82) is 0 Å². The molecule has 10 heteroatoms. The Morgan fingerprint density at radius 2 is 1.93 bits per heavy atom. The van der Waals surface area contributed by atoms with E-state index in [9.17, 15) is 9.18 Å². The van der Waals surface area contributed by atoms with Gasteiger partial charge in [-0.15, -0.1) is 5.10 Å².